The number of aryl methyl sites for hydroxylation is 2. The fourth-order valence-electron chi connectivity index (χ4n) is 4.60. The third kappa shape index (κ3) is 2.12. The number of fused-ring (bicyclic) bond motifs is 5. The van der Waals surface area contributed by atoms with Gasteiger partial charge in [-0.2, -0.15) is 0 Å². The Morgan fingerprint density at radius 2 is 1.80 bits per heavy atom. The Morgan fingerprint density at radius 3 is 2.56 bits per heavy atom. The standard InChI is InChI=1S/C20H21NO3S/c1-12-6-8-14(9-7-12)25(22,23)21-18-13(2)4-3-5-15(18)16-10-11-17-20(24-17)19(16)21/h3-9,16-17,19-20H,10-11H2,1-2H3/t16-,17+,19+,20+/m0/s1. The summed E-state index contributed by atoms with van der Waals surface area (Å²) in [4.78, 5) is 0.357. The summed E-state index contributed by atoms with van der Waals surface area (Å²) in [5, 5.41) is 0. The highest BCUT2D eigenvalue weighted by Gasteiger charge is 2.60. The van der Waals surface area contributed by atoms with Gasteiger partial charge < -0.3 is 4.74 Å². The predicted molar refractivity (Wildman–Crippen MR) is 96.4 cm³/mol. The van der Waals surface area contributed by atoms with Crippen LogP contribution in [0.1, 0.15) is 35.4 Å². The van der Waals surface area contributed by atoms with Crippen molar-refractivity contribution in [1.82, 2.24) is 0 Å². The third-order valence-corrected chi connectivity index (χ3v) is 7.68. The van der Waals surface area contributed by atoms with Gasteiger partial charge in [0, 0.05) is 5.92 Å². The lowest BCUT2D eigenvalue weighted by molar-refractivity contribution is 0.357. The SMILES string of the molecule is Cc1ccc(S(=O)(=O)N2c3c(C)cccc3[C@@H]3CC[C@H]4O[C@H]4[C@@H]32)cc1. The normalized spacial score (nSPS) is 29.8. The van der Waals surface area contributed by atoms with Crippen LogP contribution in [0.5, 0.6) is 0 Å². The molecule has 4 atom stereocenters. The van der Waals surface area contributed by atoms with E-state index in [1.165, 1.54) is 0 Å². The lowest BCUT2D eigenvalue weighted by Crippen LogP contribution is -2.45. The molecule has 0 unspecified atom stereocenters. The molecule has 25 heavy (non-hydrogen) atoms. The van der Waals surface area contributed by atoms with E-state index in [9.17, 15) is 8.42 Å². The first-order valence-electron chi connectivity index (χ1n) is 8.84. The van der Waals surface area contributed by atoms with Gasteiger partial charge in [-0.25, -0.2) is 8.42 Å². The van der Waals surface area contributed by atoms with Crippen molar-refractivity contribution in [3.05, 3.63) is 59.2 Å². The largest absolute Gasteiger partial charge is 0.367 e. The number of epoxide rings is 1. The monoisotopic (exact) mass is 355 g/mol. The van der Waals surface area contributed by atoms with Gasteiger partial charge in [-0.3, -0.25) is 4.31 Å². The number of hydrogen-bond donors (Lipinski definition) is 0. The molecule has 5 heteroatoms. The highest BCUT2D eigenvalue weighted by Crippen LogP contribution is 2.56. The summed E-state index contributed by atoms with van der Waals surface area (Å²) in [5.74, 6) is 0.235. The second-order valence-corrected chi connectivity index (χ2v) is 9.26. The van der Waals surface area contributed by atoms with Crippen molar-refractivity contribution in [2.45, 2.75) is 55.8 Å². The minimum atomic E-state index is -3.61. The van der Waals surface area contributed by atoms with Crippen LogP contribution in [0, 0.1) is 13.8 Å². The highest BCUT2D eigenvalue weighted by atomic mass is 32.2. The number of sulfonamides is 1. The smallest absolute Gasteiger partial charge is 0.264 e. The van der Waals surface area contributed by atoms with E-state index in [2.05, 4.69) is 6.07 Å². The summed E-state index contributed by atoms with van der Waals surface area (Å²) in [6.07, 6.45) is 2.28. The number of nitrogens with zero attached hydrogens (tertiary/aromatic N) is 1. The molecule has 0 radical (unpaired) electrons. The summed E-state index contributed by atoms with van der Waals surface area (Å²) in [6, 6.07) is 13.2. The zero-order valence-electron chi connectivity index (χ0n) is 14.3. The molecule has 0 N–H and O–H groups in total. The predicted octanol–water partition coefficient (Wildman–Crippen LogP) is 3.53. The Labute approximate surface area is 148 Å². The maximum Gasteiger partial charge on any atom is 0.264 e. The molecule has 2 aromatic carbocycles. The molecule has 1 aliphatic carbocycles. The summed E-state index contributed by atoms with van der Waals surface area (Å²) in [6.45, 7) is 3.96. The summed E-state index contributed by atoms with van der Waals surface area (Å²) in [5.41, 5.74) is 4.10. The van der Waals surface area contributed by atoms with Gasteiger partial charge in [-0.15, -0.1) is 0 Å². The van der Waals surface area contributed by atoms with Crippen LogP contribution in [0.25, 0.3) is 0 Å². The van der Waals surface area contributed by atoms with Gasteiger partial charge in [0.2, 0.25) is 0 Å². The molecule has 2 aliphatic heterocycles. The van der Waals surface area contributed by atoms with Gasteiger partial charge in [0.15, 0.2) is 0 Å². The molecule has 0 bridgehead atoms. The molecule has 3 aliphatic rings. The summed E-state index contributed by atoms with van der Waals surface area (Å²) in [7, 11) is -3.61. The van der Waals surface area contributed by atoms with Crippen LogP contribution in [0.15, 0.2) is 47.4 Å². The first kappa shape index (κ1) is 15.4. The zero-order chi connectivity index (χ0) is 17.3. The molecule has 2 heterocycles. The van der Waals surface area contributed by atoms with Crippen molar-refractivity contribution in [2.75, 3.05) is 4.31 Å². The van der Waals surface area contributed by atoms with Crippen LogP contribution >= 0.6 is 0 Å². The zero-order valence-corrected chi connectivity index (χ0v) is 15.2. The van der Waals surface area contributed by atoms with Gasteiger partial charge in [0.1, 0.15) is 6.10 Å². The van der Waals surface area contributed by atoms with Gasteiger partial charge in [0.05, 0.1) is 22.7 Å². The molecule has 1 saturated carbocycles. The van der Waals surface area contributed by atoms with Crippen molar-refractivity contribution < 1.29 is 13.2 Å². The fourth-order valence-corrected chi connectivity index (χ4v) is 6.39. The molecular weight excluding hydrogens is 334 g/mol. The minimum absolute atomic E-state index is 0.0331. The van der Waals surface area contributed by atoms with Crippen LogP contribution in [-0.4, -0.2) is 26.7 Å². The second-order valence-electron chi connectivity index (χ2n) is 7.44. The van der Waals surface area contributed by atoms with E-state index in [1.807, 2.05) is 38.1 Å². The van der Waals surface area contributed by atoms with Crippen molar-refractivity contribution in [1.29, 1.82) is 0 Å². The number of anilines is 1. The van der Waals surface area contributed by atoms with Crippen molar-refractivity contribution in [3.8, 4) is 0 Å². The van der Waals surface area contributed by atoms with Crippen LogP contribution < -0.4 is 4.31 Å². The second kappa shape index (κ2) is 5.08. The number of para-hydroxylation sites is 1. The number of rotatable bonds is 2. The minimum Gasteiger partial charge on any atom is -0.367 e. The first-order valence-corrected chi connectivity index (χ1v) is 10.3. The Balaban J connectivity index is 1.70. The number of benzene rings is 2. The van der Waals surface area contributed by atoms with Crippen molar-refractivity contribution >= 4 is 15.7 Å². The van der Waals surface area contributed by atoms with E-state index in [-0.39, 0.29) is 24.2 Å². The molecule has 0 spiro atoms. The molecule has 0 aromatic heterocycles. The Kier molecular flexibility index (Phi) is 3.13. The van der Waals surface area contributed by atoms with Crippen LogP contribution in [-0.2, 0) is 14.8 Å². The van der Waals surface area contributed by atoms with Gasteiger partial charge >= 0.3 is 0 Å². The van der Waals surface area contributed by atoms with E-state index < -0.39 is 10.0 Å². The van der Waals surface area contributed by atoms with Crippen LogP contribution in [0.4, 0.5) is 5.69 Å². The Morgan fingerprint density at radius 1 is 1.04 bits per heavy atom. The molecule has 0 amide bonds. The van der Waals surface area contributed by atoms with Gasteiger partial charge in [0.25, 0.3) is 10.0 Å². The van der Waals surface area contributed by atoms with E-state index in [0.717, 1.165) is 35.2 Å². The average Bonchev–Trinajstić information content (AvgIpc) is 3.29. The topological polar surface area (TPSA) is 49.9 Å². The highest BCUT2D eigenvalue weighted by molar-refractivity contribution is 7.93. The summed E-state index contributed by atoms with van der Waals surface area (Å²) >= 11 is 0. The van der Waals surface area contributed by atoms with Crippen molar-refractivity contribution in [3.63, 3.8) is 0 Å². The fraction of sp³-hybridized carbons (Fsp3) is 0.400. The van der Waals surface area contributed by atoms with Gasteiger partial charge in [-0.05, 0) is 49.9 Å². The maximum absolute atomic E-state index is 13.6. The molecular formula is C20H21NO3S. The van der Waals surface area contributed by atoms with E-state index in [1.54, 1.807) is 16.4 Å². The van der Waals surface area contributed by atoms with Crippen molar-refractivity contribution in [2.24, 2.45) is 0 Å². The Bertz CT molecular complexity index is 951. The quantitative estimate of drug-likeness (QED) is 0.775. The third-order valence-electron chi connectivity index (χ3n) is 5.87. The summed E-state index contributed by atoms with van der Waals surface area (Å²) < 4.78 is 34.6. The average molecular weight is 355 g/mol. The van der Waals surface area contributed by atoms with Crippen LogP contribution in [0.2, 0.25) is 0 Å². The molecule has 5 rings (SSSR count). The van der Waals surface area contributed by atoms with Gasteiger partial charge in [-0.1, -0.05) is 35.9 Å². The Hall–Kier alpha value is -1.85. The number of ether oxygens (including phenoxy) is 1. The first-order chi connectivity index (χ1) is 12.0. The molecule has 4 nitrogen and oxygen atoms in total. The molecule has 1 saturated heterocycles. The van der Waals surface area contributed by atoms with E-state index in [0.29, 0.717) is 4.90 Å². The molecule has 130 valence electrons. The molecule has 2 fully saturated rings. The van der Waals surface area contributed by atoms with Crippen LogP contribution in [0.3, 0.4) is 0 Å². The molecule has 2 aromatic rings. The lowest BCUT2D eigenvalue weighted by atomic mass is 9.82. The van der Waals surface area contributed by atoms with E-state index in [4.69, 9.17) is 4.74 Å². The maximum atomic E-state index is 13.6. The van der Waals surface area contributed by atoms with E-state index >= 15 is 0 Å². The number of hydrogen-bond acceptors (Lipinski definition) is 3. The lowest BCUT2D eigenvalue weighted by Gasteiger charge is -2.31.